The monoisotopic (exact) mass is 406 g/mol. The van der Waals surface area contributed by atoms with E-state index in [1.165, 1.54) is 17.0 Å². The van der Waals surface area contributed by atoms with Crippen molar-refractivity contribution in [3.63, 3.8) is 0 Å². The highest BCUT2D eigenvalue weighted by atomic mass is 16.6. The highest BCUT2D eigenvalue weighted by molar-refractivity contribution is 6.23. The molecule has 0 aliphatic carbocycles. The molecule has 3 heterocycles. The number of amides is 2. The molecule has 2 saturated heterocycles. The molecule has 2 aromatic rings. The number of fused-ring (bicyclic) bond motifs is 5. The van der Waals surface area contributed by atoms with Gasteiger partial charge in [0.2, 0.25) is 11.8 Å². The number of aliphatic hydroxyl groups is 1. The van der Waals surface area contributed by atoms with Gasteiger partial charge in [0.15, 0.2) is 0 Å². The zero-order chi connectivity index (χ0) is 21.3. The van der Waals surface area contributed by atoms with Gasteiger partial charge in [0, 0.05) is 12.1 Å². The van der Waals surface area contributed by atoms with Crippen molar-refractivity contribution >= 4 is 23.2 Å². The van der Waals surface area contributed by atoms with Gasteiger partial charge in [-0.2, -0.15) is 0 Å². The van der Waals surface area contributed by atoms with Crippen molar-refractivity contribution in [3.8, 4) is 11.1 Å². The lowest BCUT2D eigenvalue weighted by atomic mass is 9.73. The number of non-ortho nitro benzene ring substituents is 1. The molecule has 2 amide bonds. The van der Waals surface area contributed by atoms with E-state index in [2.05, 4.69) is 0 Å². The molecule has 3 aliphatic rings. The first-order valence-corrected chi connectivity index (χ1v) is 9.54. The molecule has 3 aliphatic heterocycles. The number of carbonyl (C=O) groups excluding carboxylic acids is 2. The number of hydrogen-bond donors (Lipinski definition) is 1. The lowest BCUT2D eigenvalue weighted by Crippen LogP contribution is -2.43. The van der Waals surface area contributed by atoms with Crippen molar-refractivity contribution in [2.45, 2.75) is 18.1 Å². The molecule has 0 unspecified atom stereocenters. The Balaban J connectivity index is 1.45. The van der Waals surface area contributed by atoms with Crippen LogP contribution in [0, 0.1) is 22.0 Å². The van der Waals surface area contributed by atoms with Crippen molar-refractivity contribution in [3.05, 3.63) is 70.8 Å². The quantitative estimate of drug-likeness (QED) is 0.361. The maximum atomic E-state index is 13.2. The molecule has 0 saturated carbocycles. The maximum absolute atomic E-state index is 13.2. The molecule has 2 bridgehead atoms. The Bertz CT molecular complexity index is 1110. The Morgan fingerprint density at radius 3 is 2.13 bits per heavy atom. The summed E-state index contributed by atoms with van der Waals surface area (Å²) < 4.78 is 5.91. The number of rotatable bonds is 4. The molecule has 1 N–H and O–H groups in total. The number of aliphatic hydroxyl groups excluding tert-OH is 1. The Labute approximate surface area is 171 Å². The highest BCUT2D eigenvalue weighted by Gasteiger charge is 2.72. The van der Waals surface area contributed by atoms with Crippen LogP contribution >= 0.6 is 0 Å². The van der Waals surface area contributed by atoms with Crippen LogP contribution in [0.2, 0.25) is 0 Å². The summed E-state index contributed by atoms with van der Waals surface area (Å²) in [7, 11) is 0. The summed E-state index contributed by atoms with van der Waals surface area (Å²) in [5.41, 5.74) is -0.0249. The molecule has 30 heavy (non-hydrogen) atoms. The number of nitro groups is 1. The van der Waals surface area contributed by atoms with Gasteiger partial charge in [-0.15, -0.1) is 0 Å². The number of nitrogens with zero attached hydrogens (tertiary/aromatic N) is 2. The molecule has 2 aromatic carbocycles. The maximum Gasteiger partial charge on any atom is 0.269 e. The summed E-state index contributed by atoms with van der Waals surface area (Å²) in [5, 5.41) is 20.7. The van der Waals surface area contributed by atoms with Crippen molar-refractivity contribution in [2.24, 2.45) is 11.8 Å². The highest BCUT2D eigenvalue weighted by Crippen LogP contribution is 2.57. The lowest BCUT2D eigenvalue weighted by Gasteiger charge is -2.27. The van der Waals surface area contributed by atoms with Crippen LogP contribution in [-0.4, -0.2) is 39.7 Å². The van der Waals surface area contributed by atoms with E-state index >= 15 is 0 Å². The molecule has 2 fully saturated rings. The standard InChI is InChI=1S/C22H18N2O6/c1-21-10-11-22(12-25,30-21)18-17(21)19(26)23(20(18)27)15-6-2-13(3-7-15)14-4-8-16(9-5-14)24(28)29/h2-11,17-18,25H,12H2,1H3/t17-,18-,21+,22+/m1/s1. The number of anilines is 1. The minimum absolute atomic E-state index is 0.00642. The fourth-order valence-corrected chi connectivity index (χ4v) is 4.87. The topological polar surface area (TPSA) is 110 Å². The molecule has 152 valence electrons. The second kappa shape index (κ2) is 6.07. The predicted octanol–water partition coefficient (Wildman–Crippen LogP) is 2.46. The van der Waals surface area contributed by atoms with Crippen LogP contribution in [0.5, 0.6) is 0 Å². The molecule has 0 aromatic heterocycles. The van der Waals surface area contributed by atoms with Crippen LogP contribution in [0.1, 0.15) is 6.92 Å². The van der Waals surface area contributed by atoms with Gasteiger partial charge in [0.25, 0.3) is 5.69 Å². The van der Waals surface area contributed by atoms with Gasteiger partial charge in [-0.05, 0) is 42.3 Å². The number of benzene rings is 2. The number of imide groups is 1. The second-order valence-corrected chi connectivity index (χ2v) is 8.05. The van der Waals surface area contributed by atoms with Crippen LogP contribution < -0.4 is 4.90 Å². The van der Waals surface area contributed by atoms with Gasteiger partial charge in [0.05, 0.1) is 34.7 Å². The van der Waals surface area contributed by atoms with E-state index in [1.807, 2.05) is 0 Å². The van der Waals surface area contributed by atoms with E-state index in [0.717, 1.165) is 11.1 Å². The summed E-state index contributed by atoms with van der Waals surface area (Å²) in [6.07, 6.45) is 3.46. The predicted molar refractivity (Wildman–Crippen MR) is 106 cm³/mol. The second-order valence-electron chi connectivity index (χ2n) is 8.05. The molecule has 0 spiro atoms. The fourth-order valence-electron chi connectivity index (χ4n) is 4.87. The smallest absolute Gasteiger partial charge is 0.269 e. The van der Waals surface area contributed by atoms with Crippen molar-refractivity contribution in [1.29, 1.82) is 0 Å². The summed E-state index contributed by atoms with van der Waals surface area (Å²) in [6.45, 7) is 1.39. The number of nitro benzene ring substituents is 1. The molecule has 4 atom stereocenters. The normalized spacial score (nSPS) is 31.5. The van der Waals surface area contributed by atoms with Gasteiger partial charge >= 0.3 is 0 Å². The molecule has 8 nitrogen and oxygen atoms in total. The molecular weight excluding hydrogens is 388 g/mol. The average Bonchev–Trinajstić information content (AvgIpc) is 3.33. The van der Waals surface area contributed by atoms with Crippen LogP contribution in [0.15, 0.2) is 60.7 Å². The fraction of sp³-hybridized carbons (Fsp3) is 0.273. The molecular formula is C22H18N2O6. The Kier molecular flexibility index (Phi) is 3.77. The summed E-state index contributed by atoms with van der Waals surface area (Å²) in [4.78, 5) is 37.8. The zero-order valence-electron chi connectivity index (χ0n) is 16.0. The minimum atomic E-state index is -1.15. The van der Waals surface area contributed by atoms with Crippen molar-refractivity contribution in [2.75, 3.05) is 11.5 Å². The first-order valence-electron chi connectivity index (χ1n) is 9.54. The van der Waals surface area contributed by atoms with E-state index < -0.39 is 28.0 Å². The van der Waals surface area contributed by atoms with Gasteiger partial charge in [-0.1, -0.05) is 24.3 Å². The Hall–Kier alpha value is -3.36. The average molecular weight is 406 g/mol. The number of carbonyl (C=O) groups is 2. The van der Waals surface area contributed by atoms with E-state index in [1.54, 1.807) is 55.5 Å². The van der Waals surface area contributed by atoms with Gasteiger partial charge < -0.3 is 9.84 Å². The Morgan fingerprint density at radius 2 is 1.57 bits per heavy atom. The molecule has 8 heteroatoms. The third kappa shape index (κ3) is 2.34. The largest absolute Gasteiger partial charge is 0.393 e. The van der Waals surface area contributed by atoms with Gasteiger partial charge in [-0.3, -0.25) is 19.7 Å². The van der Waals surface area contributed by atoms with E-state index in [4.69, 9.17) is 4.74 Å². The first-order chi connectivity index (χ1) is 14.3. The summed E-state index contributed by atoms with van der Waals surface area (Å²) >= 11 is 0. The number of hydrogen-bond acceptors (Lipinski definition) is 6. The minimum Gasteiger partial charge on any atom is -0.393 e. The molecule has 0 radical (unpaired) electrons. The van der Waals surface area contributed by atoms with E-state index in [9.17, 15) is 24.8 Å². The first kappa shape index (κ1) is 18.7. The van der Waals surface area contributed by atoms with Crippen LogP contribution in [0.25, 0.3) is 11.1 Å². The van der Waals surface area contributed by atoms with Gasteiger partial charge in [-0.25, -0.2) is 4.90 Å². The van der Waals surface area contributed by atoms with Crippen molar-refractivity contribution < 1.29 is 24.4 Å². The summed E-state index contributed by atoms with van der Waals surface area (Å²) in [6, 6.07) is 13.0. The van der Waals surface area contributed by atoms with Crippen LogP contribution in [-0.2, 0) is 14.3 Å². The lowest BCUT2D eigenvalue weighted by molar-refractivity contribution is -0.384. The van der Waals surface area contributed by atoms with E-state index in [0.29, 0.717) is 5.69 Å². The summed E-state index contributed by atoms with van der Waals surface area (Å²) in [5.74, 6) is -2.14. The third-order valence-electron chi connectivity index (χ3n) is 6.34. The van der Waals surface area contributed by atoms with Crippen LogP contribution in [0.4, 0.5) is 11.4 Å². The zero-order valence-corrected chi connectivity index (χ0v) is 16.0. The SMILES string of the molecule is C[C@@]12C=C[C@@](CO)(O1)[C@H]1C(=O)N(c3ccc(-c4ccc([N+](=O)[O-])cc4)cc3)C(=O)[C@@H]12. The number of ether oxygens (including phenoxy) is 1. The molecule has 5 rings (SSSR count). The Morgan fingerprint density at radius 1 is 1.00 bits per heavy atom. The third-order valence-corrected chi connectivity index (χ3v) is 6.34. The van der Waals surface area contributed by atoms with Crippen LogP contribution in [0.3, 0.4) is 0 Å². The van der Waals surface area contributed by atoms with Gasteiger partial charge in [0.1, 0.15) is 5.60 Å². The van der Waals surface area contributed by atoms with E-state index in [-0.39, 0.29) is 24.1 Å². The van der Waals surface area contributed by atoms with Crippen molar-refractivity contribution in [1.82, 2.24) is 0 Å².